The molecular weight excluding hydrogens is 338 g/mol. The lowest BCUT2D eigenvalue weighted by molar-refractivity contribution is -0.127. The molecule has 0 aliphatic heterocycles. The Labute approximate surface area is 158 Å². The van der Waals surface area contributed by atoms with Crippen molar-refractivity contribution in [2.75, 3.05) is 6.54 Å². The molecule has 2 aliphatic carbocycles. The lowest BCUT2D eigenvalue weighted by Gasteiger charge is -2.32. The fourth-order valence-electron chi connectivity index (χ4n) is 3.93. The number of carbonyl (C=O) groups excluding carboxylic acids is 2. The highest BCUT2D eigenvalue weighted by Crippen LogP contribution is 2.28. The van der Waals surface area contributed by atoms with E-state index in [4.69, 9.17) is 5.73 Å². The summed E-state index contributed by atoms with van der Waals surface area (Å²) in [5.74, 6) is 0.957. The molecule has 2 fully saturated rings. The van der Waals surface area contributed by atoms with Crippen LogP contribution in [0.4, 0.5) is 0 Å². The third-order valence-electron chi connectivity index (χ3n) is 5.63. The molecule has 0 atom stereocenters. The SMILES string of the molecule is CC(C)(CN)NC(=O)C1CCC(NC(=O)CC2CCCCC2)CC1.Cl. The van der Waals surface area contributed by atoms with E-state index in [0.717, 1.165) is 25.7 Å². The summed E-state index contributed by atoms with van der Waals surface area (Å²) >= 11 is 0. The standard InChI is InChI=1S/C19H35N3O2.ClH/c1-19(2,13-20)22-18(24)15-8-10-16(11-9-15)21-17(23)12-14-6-4-3-5-7-14;/h14-16H,3-13,20H2,1-2H3,(H,21,23)(H,22,24);1H. The van der Waals surface area contributed by atoms with Gasteiger partial charge in [-0.25, -0.2) is 0 Å². The predicted octanol–water partition coefficient (Wildman–Crippen LogP) is 2.91. The number of nitrogens with one attached hydrogen (secondary N) is 2. The van der Waals surface area contributed by atoms with Gasteiger partial charge in [0.25, 0.3) is 0 Å². The summed E-state index contributed by atoms with van der Waals surface area (Å²) in [4.78, 5) is 24.5. The van der Waals surface area contributed by atoms with Crippen molar-refractivity contribution < 1.29 is 9.59 Å². The van der Waals surface area contributed by atoms with Gasteiger partial charge in [0.05, 0.1) is 0 Å². The maximum atomic E-state index is 12.3. The van der Waals surface area contributed by atoms with Gasteiger partial charge in [-0.05, 0) is 58.3 Å². The molecule has 146 valence electrons. The Morgan fingerprint density at radius 3 is 2.16 bits per heavy atom. The summed E-state index contributed by atoms with van der Waals surface area (Å²) in [5, 5.41) is 6.23. The highest BCUT2D eigenvalue weighted by Gasteiger charge is 2.30. The molecule has 0 aromatic heterocycles. The second kappa shape index (κ2) is 10.4. The van der Waals surface area contributed by atoms with Crippen LogP contribution in [0.25, 0.3) is 0 Å². The number of hydrogen-bond donors (Lipinski definition) is 3. The molecule has 5 nitrogen and oxygen atoms in total. The van der Waals surface area contributed by atoms with E-state index in [2.05, 4.69) is 10.6 Å². The average Bonchev–Trinajstić information content (AvgIpc) is 2.56. The average molecular weight is 374 g/mol. The third-order valence-corrected chi connectivity index (χ3v) is 5.63. The molecule has 2 saturated carbocycles. The zero-order valence-corrected chi connectivity index (χ0v) is 16.6. The van der Waals surface area contributed by atoms with Gasteiger partial charge in [0.2, 0.25) is 11.8 Å². The molecule has 0 aromatic carbocycles. The number of rotatable bonds is 6. The first-order valence-electron chi connectivity index (χ1n) is 9.71. The van der Waals surface area contributed by atoms with Crippen LogP contribution < -0.4 is 16.4 Å². The van der Waals surface area contributed by atoms with Crippen molar-refractivity contribution in [1.29, 1.82) is 0 Å². The minimum atomic E-state index is -0.345. The Hall–Kier alpha value is -0.810. The van der Waals surface area contributed by atoms with E-state index in [1.54, 1.807) is 0 Å². The van der Waals surface area contributed by atoms with E-state index in [0.29, 0.717) is 18.9 Å². The van der Waals surface area contributed by atoms with Gasteiger partial charge in [-0.3, -0.25) is 9.59 Å². The fourth-order valence-corrected chi connectivity index (χ4v) is 3.93. The third kappa shape index (κ3) is 7.53. The highest BCUT2D eigenvalue weighted by atomic mass is 35.5. The van der Waals surface area contributed by atoms with Crippen LogP contribution in [0, 0.1) is 11.8 Å². The van der Waals surface area contributed by atoms with Crippen LogP contribution in [-0.2, 0) is 9.59 Å². The highest BCUT2D eigenvalue weighted by molar-refractivity contribution is 5.85. The predicted molar refractivity (Wildman–Crippen MR) is 104 cm³/mol. The van der Waals surface area contributed by atoms with Crippen molar-refractivity contribution >= 4 is 24.2 Å². The van der Waals surface area contributed by atoms with Gasteiger partial charge in [-0.1, -0.05) is 19.3 Å². The number of amides is 2. The minimum Gasteiger partial charge on any atom is -0.353 e. The van der Waals surface area contributed by atoms with Gasteiger partial charge in [-0.15, -0.1) is 12.4 Å². The second-order valence-electron chi connectivity index (χ2n) is 8.40. The molecule has 0 aromatic rings. The number of carbonyl (C=O) groups is 2. The largest absolute Gasteiger partial charge is 0.353 e. The van der Waals surface area contributed by atoms with Crippen molar-refractivity contribution in [1.82, 2.24) is 10.6 Å². The van der Waals surface area contributed by atoms with Gasteiger partial charge in [0, 0.05) is 30.5 Å². The summed E-state index contributed by atoms with van der Waals surface area (Å²) in [5.41, 5.74) is 5.33. The van der Waals surface area contributed by atoms with Crippen LogP contribution in [0.1, 0.15) is 78.1 Å². The van der Waals surface area contributed by atoms with E-state index in [1.165, 1.54) is 32.1 Å². The number of hydrogen-bond acceptors (Lipinski definition) is 3. The monoisotopic (exact) mass is 373 g/mol. The maximum Gasteiger partial charge on any atom is 0.223 e. The first-order chi connectivity index (χ1) is 11.4. The normalized spacial score (nSPS) is 24.9. The molecule has 2 aliphatic rings. The Bertz CT molecular complexity index is 428. The van der Waals surface area contributed by atoms with Crippen LogP contribution in [0.2, 0.25) is 0 Å². The van der Waals surface area contributed by atoms with Crippen molar-refractivity contribution in [3.8, 4) is 0 Å². The summed E-state index contributed by atoms with van der Waals surface area (Å²) in [6.07, 6.45) is 10.5. The number of halogens is 1. The molecule has 0 saturated heterocycles. The number of nitrogens with two attached hydrogens (primary N) is 1. The Morgan fingerprint density at radius 1 is 1.00 bits per heavy atom. The van der Waals surface area contributed by atoms with Crippen molar-refractivity contribution in [3.05, 3.63) is 0 Å². The maximum absolute atomic E-state index is 12.3. The molecule has 0 heterocycles. The zero-order chi connectivity index (χ0) is 17.6. The molecule has 6 heteroatoms. The molecule has 0 spiro atoms. The Balaban J connectivity index is 0.00000312. The Kier molecular flexibility index (Phi) is 9.22. The van der Waals surface area contributed by atoms with Crippen LogP contribution in [0.3, 0.4) is 0 Å². The van der Waals surface area contributed by atoms with Crippen molar-refractivity contribution in [3.63, 3.8) is 0 Å². The van der Waals surface area contributed by atoms with Gasteiger partial charge in [-0.2, -0.15) is 0 Å². The molecule has 2 amide bonds. The first kappa shape index (κ1) is 22.2. The van der Waals surface area contributed by atoms with E-state index in [-0.39, 0.29) is 41.7 Å². The molecule has 0 bridgehead atoms. The van der Waals surface area contributed by atoms with Gasteiger partial charge in [0.15, 0.2) is 0 Å². The quantitative estimate of drug-likeness (QED) is 0.669. The van der Waals surface area contributed by atoms with Gasteiger partial charge < -0.3 is 16.4 Å². The summed E-state index contributed by atoms with van der Waals surface area (Å²) in [6, 6.07) is 0.243. The van der Waals surface area contributed by atoms with E-state index in [1.807, 2.05) is 13.8 Å². The lowest BCUT2D eigenvalue weighted by Crippen LogP contribution is -2.51. The van der Waals surface area contributed by atoms with Crippen LogP contribution in [0.5, 0.6) is 0 Å². The Morgan fingerprint density at radius 2 is 1.60 bits per heavy atom. The van der Waals surface area contributed by atoms with Gasteiger partial charge in [0.1, 0.15) is 0 Å². The molecule has 0 radical (unpaired) electrons. The van der Waals surface area contributed by atoms with Crippen molar-refractivity contribution in [2.45, 2.75) is 89.6 Å². The lowest BCUT2D eigenvalue weighted by atomic mass is 9.84. The topological polar surface area (TPSA) is 84.2 Å². The van der Waals surface area contributed by atoms with Crippen LogP contribution in [-0.4, -0.2) is 29.9 Å². The van der Waals surface area contributed by atoms with E-state index >= 15 is 0 Å². The van der Waals surface area contributed by atoms with E-state index in [9.17, 15) is 9.59 Å². The van der Waals surface area contributed by atoms with Crippen LogP contribution in [0.15, 0.2) is 0 Å². The van der Waals surface area contributed by atoms with Crippen molar-refractivity contribution in [2.24, 2.45) is 17.6 Å². The van der Waals surface area contributed by atoms with Crippen LogP contribution >= 0.6 is 12.4 Å². The minimum absolute atomic E-state index is 0. The van der Waals surface area contributed by atoms with E-state index < -0.39 is 0 Å². The smallest absolute Gasteiger partial charge is 0.223 e. The molecule has 0 unspecified atom stereocenters. The molecule has 25 heavy (non-hydrogen) atoms. The second-order valence-corrected chi connectivity index (χ2v) is 8.40. The zero-order valence-electron chi connectivity index (χ0n) is 15.8. The summed E-state index contributed by atoms with van der Waals surface area (Å²) < 4.78 is 0. The summed E-state index contributed by atoms with van der Waals surface area (Å²) in [7, 11) is 0. The molecular formula is C19H36ClN3O2. The first-order valence-corrected chi connectivity index (χ1v) is 9.71. The molecule has 2 rings (SSSR count). The summed E-state index contributed by atoms with van der Waals surface area (Å²) in [6.45, 7) is 4.33. The fraction of sp³-hybridized carbons (Fsp3) is 0.895. The van der Waals surface area contributed by atoms with Gasteiger partial charge >= 0.3 is 0 Å². The molecule has 4 N–H and O–H groups in total.